The van der Waals surface area contributed by atoms with Crippen LogP contribution in [0.4, 0.5) is 5.82 Å². The van der Waals surface area contributed by atoms with E-state index in [1.54, 1.807) is 30.5 Å². The van der Waals surface area contributed by atoms with E-state index in [1.165, 1.54) is 0 Å². The lowest BCUT2D eigenvalue weighted by molar-refractivity contribution is -0.118. The van der Waals surface area contributed by atoms with E-state index in [0.29, 0.717) is 11.4 Å². The molecule has 2 amide bonds. The first-order chi connectivity index (χ1) is 11.4. The first-order valence-electron chi connectivity index (χ1n) is 7.67. The Kier molecular flexibility index (Phi) is 6.09. The number of rotatable bonds is 5. The Labute approximate surface area is 150 Å². The molecule has 5 nitrogen and oxygen atoms in total. The summed E-state index contributed by atoms with van der Waals surface area (Å²) in [6.45, 7) is 5.64. The summed E-state index contributed by atoms with van der Waals surface area (Å²) in [6.07, 6.45) is 1.60. The quantitative estimate of drug-likeness (QED) is 0.821. The van der Waals surface area contributed by atoms with Gasteiger partial charge in [-0.05, 0) is 52.5 Å². The predicted molar refractivity (Wildman–Crippen MR) is 97.8 cm³/mol. The van der Waals surface area contributed by atoms with Gasteiger partial charge in [-0.2, -0.15) is 0 Å². The summed E-state index contributed by atoms with van der Waals surface area (Å²) in [4.78, 5) is 29.1. The van der Waals surface area contributed by atoms with Gasteiger partial charge in [-0.3, -0.25) is 9.59 Å². The van der Waals surface area contributed by atoms with Crippen molar-refractivity contribution < 1.29 is 9.59 Å². The molecule has 0 aliphatic heterocycles. The number of carbonyl (C=O) groups excluding carboxylic acids is 2. The topological polar surface area (TPSA) is 71.1 Å². The molecule has 126 valence electrons. The van der Waals surface area contributed by atoms with E-state index in [0.717, 1.165) is 10.0 Å². The Morgan fingerprint density at radius 1 is 1.12 bits per heavy atom. The number of carbonyl (C=O) groups is 2. The van der Waals surface area contributed by atoms with Crippen molar-refractivity contribution in [2.45, 2.75) is 26.8 Å². The molecule has 0 bridgehead atoms. The van der Waals surface area contributed by atoms with Gasteiger partial charge in [0.15, 0.2) is 0 Å². The van der Waals surface area contributed by atoms with E-state index < -0.39 is 6.04 Å². The minimum Gasteiger partial charge on any atom is -0.340 e. The maximum absolute atomic E-state index is 12.5. The van der Waals surface area contributed by atoms with Crippen molar-refractivity contribution in [2.75, 3.05) is 5.32 Å². The van der Waals surface area contributed by atoms with Gasteiger partial charge in [0.2, 0.25) is 5.91 Å². The van der Waals surface area contributed by atoms with E-state index in [2.05, 4.69) is 31.5 Å². The average Bonchev–Trinajstić information content (AvgIpc) is 2.54. The summed E-state index contributed by atoms with van der Waals surface area (Å²) in [5.41, 5.74) is 1.44. The Morgan fingerprint density at radius 3 is 2.42 bits per heavy atom. The largest absolute Gasteiger partial charge is 0.340 e. The number of hydrogen-bond acceptors (Lipinski definition) is 3. The summed E-state index contributed by atoms with van der Waals surface area (Å²) < 4.78 is 0.828. The van der Waals surface area contributed by atoms with Crippen LogP contribution in [0.25, 0.3) is 0 Å². The number of aromatic nitrogens is 1. The van der Waals surface area contributed by atoms with Crippen LogP contribution in [0.15, 0.2) is 47.1 Å². The van der Waals surface area contributed by atoms with Crippen LogP contribution < -0.4 is 10.6 Å². The summed E-state index contributed by atoms with van der Waals surface area (Å²) >= 11 is 3.30. The lowest BCUT2D eigenvalue weighted by Crippen LogP contribution is -2.47. The highest BCUT2D eigenvalue weighted by Crippen LogP contribution is 2.13. The molecule has 1 heterocycles. The number of nitrogens with one attached hydrogen (secondary N) is 2. The van der Waals surface area contributed by atoms with Crippen molar-refractivity contribution in [3.05, 3.63) is 58.2 Å². The highest BCUT2D eigenvalue weighted by Gasteiger charge is 2.25. The van der Waals surface area contributed by atoms with Crippen LogP contribution in [0.1, 0.15) is 29.8 Å². The van der Waals surface area contributed by atoms with Gasteiger partial charge in [0.1, 0.15) is 11.9 Å². The van der Waals surface area contributed by atoms with Gasteiger partial charge in [0, 0.05) is 16.2 Å². The van der Waals surface area contributed by atoms with Crippen LogP contribution in [-0.4, -0.2) is 22.8 Å². The zero-order chi connectivity index (χ0) is 17.7. The van der Waals surface area contributed by atoms with Crippen molar-refractivity contribution in [2.24, 2.45) is 5.92 Å². The van der Waals surface area contributed by atoms with Crippen molar-refractivity contribution in [3.8, 4) is 0 Å². The highest BCUT2D eigenvalue weighted by atomic mass is 79.9. The molecular formula is C18H20BrN3O2. The summed E-state index contributed by atoms with van der Waals surface area (Å²) in [7, 11) is 0. The maximum atomic E-state index is 12.5. The minimum atomic E-state index is -0.650. The fraction of sp³-hybridized carbons (Fsp3) is 0.278. The van der Waals surface area contributed by atoms with Crippen LogP contribution in [-0.2, 0) is 4.79 Å². The fourth-order valence-corrected chi connectivity index (χ4v) is 2.47. The van der Waals surface area contributed by atoms with Crippen LogP contribution in [0.3, 0.4) is 0 Å². The molecule has 2 N–H and O–H groups in total. The fourth-order valence-electron chi connectivity index (χ4n) is 2.24. The molecule has 0 radical (unpaired) electrons. The summed E-state index contributed by atoms with van der Waals surface area (Å²) in [5, 5.41) is 5.55. The third kappa shape index (κ3) is 4.64. The van der Waals surface area contributed by atoms with Crippen molar-refractivity contribution in [1.82, 2.24) is 10.3 Å². The second kappa shape index (κ2) is 8.06. The van der Waals surface area contributed by atoms with Crippen molar-refractivity contribution >= 4 is 33.6 Å². The van der Waals surface area contributed by atoms with Crippen LogP contribution >= 0.6 is 15.9 Å². The molecule has 1 aromatic heterocycles. The molecule has 0 spiro atoms. The Hall–Kier alpha value is -2.21. The Morgan fingerprint density at radius 2 is 1.83 bits per heavy atom. The smallest absolute Gasteiger partial charge is 0.252 e. The van der Waals surface area contributed by atoms with Gasteiger partial charge in [-0.1, -0.05) is 32.0 Å². The standard InChI is InChI=1S/C18H20BrN3O2/c1-11(2)16(18(24)21-15-9-8-13(19)10-20-15)22-17(23)14-7-5-4-6-12(14)3/h4-11,16H,1-3H3,(H,22,23)(H,20,21,24). The molecular weight excluding hydrogens is 370 g/mol. The maximum Gasteiger partial charge on any atom is 0.252 e. The third-order valence-electron chi connectivity index (χ3n) is 3.60. The number of hydrogen-bond donors (Lipinski definition) is 2. The number of amides is 2. The molecule has 1 atom stereocenters. The summed E-state index contributed by atoms with van der Waals surface area (Å²) in [6, 6.07) is 10.1. The number of nitrogens with zero attached hydrogens (tertiary/aromatic N) is 1. The van der Waals surface area contributed by atoms with E-state index >= 15 is 0 Å². The molecule has 0 fully saturated rings. The monoisotopic (exact) mass is 389 g/mol. The third-order valence-corrected chi connectivity index (χ3v) is 4.07. The second-order valence-electron chi connectivity index (χ2n) is 5.86. The lowest BCUT2D eigenvalue weighted by atomic mass is 10.0. The molecule has 2 rings (SSSR count). The average molecular weight is 390 g/mol. The Balaban J connectivity index is 2.11. The van der Waals surface area contributed by atoms with Crippen LogP contribution in [0, 0.1) is 12.8 Å². The van der Waals surface area contributed by atoms with E-state index in [1.807, 2.05) is 32.9 Å². The normalized spacial score (nSPS) is 11.9. The van der Waals surface area contributed by atoms with Gasteiger partial charge < -0.3 is 10.6 Å². The van der Waals surface area contributed by atoms with Crippen LogP contribution in [0.2, 0.25) is 0 Å². The molecule has 0 aliphatic rings. The number of anilines is 1. The van der Waals surface area contributed by atoms with Crippen molar-refractivity contribution in [3.63, 3.8) is 0 Å². The van der Waals surface area contributed by atoms with Gasteiger partial charge in [0.25, 0.3) is 5.91 Å². The lowest BCUT2D eigenvalue weighted by Gasteiger charge is -2.22. The molecule has 0 aliphatic carbocycles. The number of pyridine rings is 1. The molecule has 1 unspecified atom stereocenters. The van der Waals surface area contributed by atoms with E-state index in [4.69, 9.17) is 0 Å². The van der Waals surface area contributed by atoms with Gasteiger partial charge in [0.05, 0.1) is 0 Å². The van der Waals surface area contributed by atoms with E-state index in [9.17, 15) is 9.59 Å². The Bertz CT molecular complexity index is 729. The molecule has 0 saturated heterocycles. The van der Waals surface area contributed by atoms with E-state index in [-0.39, 0.29) is 17.7 Å². The SMILES string of the molecule is Cc1ccccc1C(=O)NC(C(=O)Nc1ccc(Br)cn1)C(C)C. The van der Waals surface area contributed by atoms with Crippen LogP contribution in [0.5, 0.6) is 0 Å². The van der Waals surface area contributed by atoms with Crippen molar-refractivity contribution in [1.29, 1.82) is 0 Å². The second-order valence-corrected chi connectivity index (χ2v) is 6.78. The highest BCUT2D eigenvalue weighted by molar-refractivity contribution is 9.10. The molecule has 0 saturated carbocycles. The zero-order valence-corrected chi connectivity index (χ0v) is 15.4. The first kappa shape index (κ1) is 18.1. The number of halogens is 1. The molecule has 24 heavy (non-hydrogen) atoms. The molecule has 2 aromatic rings. The van der Waals surface area contributed by atoms with Gasteiger partial charge in [-0.15, -0.1) is 0 Å². The van der Waals surface area contributed by atoms with Gasteiger partial charge >= 0.3 is 0 Å². The first-order valence-corrected chi connectivity index (χ1v) is 8.46. The molecule has 6 heteroatoms. The predicted octanol–water partition coefficient (Wildman–Crippen LogP) is 3.55. The summed E-state index contributed by atoms with van der Waals surface area (Å²) in [5.74, 6) is -0.167. The molecule has 1 aromatic carbocycles. The number of benzene rings is 1. The minimum absolute atomic E-state index is 0.0617. The van der Waals surface area contributed by atoms with Gasteiger partial charge in [-0.25, -0.2) is 4.98 Å². The zero-order valence-electron chi connectivity index (χ0n) is 13.8. The number of aryl methyl sites for hydroxylation is 1.